The van der Waals surface area contributed by atoms with E-state index in [0.29, 0.717) is 6.61 Å². The van der Waals surface area contributed by atoms with E-state index in [4.69, 9.17) is 9.84 Å². The summed E-state index contributed by atoms with van der Waals surface area (Å²) in [6.45, 7) is 3.96. The first kappa shape index (κ1) is 13.7. The summed E-state index contributed by atoms with van der Waals surface area (Å²) in [5.74, 6) is -1.25. The Morgan fingerprint density at radius 1 is 1.41 bits per heavy atom. The molecule has 0 fully saturated rings. The number of hydrogen-bond acceptors (Lipinski definition) is 3. The first-order valence-electron chi connectivity index (χ1n) is 5.66. The van der Waals surface area contributed by atoms with Crippen LogP contribution in [0, 0.1) is 0 Å². The molecule has 0 aliphatic carbocycles. The maximum absolute atomic E-state index is 10.8. The van der Waals surface area contributed by atoms with Gasteiger partial charge in [0.2, 0.25) is 0 Å². The molecule has 17 heavy (non-hydrogen) atoms. The number of carbonyl (C=O) groups is 1. The maximum atomic E-state index is 10.8. The van der Waals surface area contributed by atoms with Gasteiger partial charge in [-0.15, -0.1) is 0 Å². The maximum Gasteiger partial charge on any atom is 0.310 e. The molecule has 0 bridgehead atoms. The largest absolute Gasteiger partial charge is 0.481 e. The van der Waals surface area contributed by atoms with Gasteiger partial charge in [-0.05, 0) is 18.1 Å². The molecule has 1 atom stereocenters. The van der Waals surface area contributed by atoms with Gasteiger partial charge in [0.05, 0.1) is 12.5 Å². The second-order valence-electron chi connectivity index (χ2n) is 3.97. The summed E-state index contributed by atoms with van der Waals surface area (Å²) in [6, 6.07) is 7.64. The summed E-state index contributed by atoms with van der Waals surface area (Å²) in [5, 5.41) is 12.1. The molecular formula is C13H19NO3. The van der Waals surface area contributed by atoms with E-state index in [-0.39, 0.29) is 0 Å². The van der Waals surface area contributed by atoms with Crippen LogP contribution in [-0.4, -0.2) is 31.3 Å². The Labute approximate surface area is 102 Å². The van der Waals surface area contributed by atoms with E-state index < -0.39 is 11.9 Å². The average molecular weight is 237 g/mol. The number of nitrogens with one attached hydrogen (secondary N) is 1. The smallest absolute Gasteiger partial charge is 0.310 e. The predicted molar refractivity (Wildman–Crippen MR) is 66.1 cm³/mol. The number of ether oxygens (including phenoxy) is 1. The monoisotopic (exact) mass is 237 g/mol. The molecule has 94 valence electrons. The average Bonchev–Trinajstić information content (AvgIpc) is 2.34. The van der Waals surface area contributed by atoms with Crippen LogP contribution in [0.4, 0.5) is 0 Å². The van der Waals surface area contributed by atoms with Gasteiger partial charge < -0.3 is 15.2 Å². The SMILES string of the molecule is COCCNCc1ccc(C(C)C(=O)O)cc1. The minimum atomic E-state index is -0.795. The summed E-state index contributed by atoms with van der Waals surface area (Å²) >= 11 is 0. The quantitative estimate of drug-likeness (QED) is 0.707. The van der Waals surface area contributed by atoms with Crippen LogP contribution < -0.4 is 5.32 Å². The van der Waals surface area contributed by atoms with Crippen molar-refractivity contribution in [2.24, 2.45) is 0 Å². The van der Waals surface area contributed by atoms with Gasteiger partial charge in [-0.1, -0.05) is 24.3 Å². The van der Waals surface area contributed by atoms with Gasteiger partial charge >= 0.3 is 5.97 Å². The molecule has 4 heteroatoms. The van der Waals surface area contributed by atoms with Crippen LogP contribution in [0.15, 0.2) is 24.3 Å². The Bertz CT molecular complexity index is 348. The van der Waals surface area contributed by atoms with Crippen molar-refractivity contribution in [3.63, 3.8) is 0 Å². The zero-order valence-electron chi connectivity index (χ0n) is 10.3. The molecule has 0 aliphatic rings. The van der Waals surface area contributed by atoms with E-state index in [1.807, 2.05) is 24.3 Å². The fourth-order valence-corrected chi connectivity index (χ4v) is 1.47. The van der Waals surface area contributed by atoms with Crippen molar-refractivity contribution in [2.45, 2.75) is 19.4 Å². The molecule has 0 aliphatic heterocycles. The lowest BCUT2D eigenvalue weighted by atomic mass is 10.0. The summed E-state index contributed by atoms with van der Waals surface area (Å²) in [7, 11) is 1.67. The van der Waals surface area contributed by atoms with Crippen molar-refractivity contribution in [1.82, 2.24) is 5.32 Å². The Kier molecular flexibility index (Phi) is 5.66. The van der Waals surface area contributed by atoms with Gasteiger partial charge in [0.1, 0.15) is 0 Å². The molecule has 0 saturated carbocycles. The number of aliphatic carboxylic acids is 1. The molecular weight excluding hydrogens is 218 g/mol. The van der Waals surface area contributed by atoms with Crippen molar-refractivity contribution in [2.75, 3.05) is 20.3 Å². The summed E-state index contributed by atoms with van der Waals surface area (Å²) in [4.78, 5) is 10.8. The van der Waals surface area contributed by atoms with Gasteiger partial charge in [-0.25, -0.2) is 0 Å². The first-order valence-corrected chi connectivity index (χ1v) is 5.66. The van der Waals surface area contributed by atoms with E-state index in [9.17, 15) is 4.79 Å². The number of benzene rings is 1. The number of carboxylic acid groups (broad SMARTS) is 1. The normalized spacial score (nSPS) is 12.4. The molecule has 1 aromatic carbocycles. The zero-order valence-corrected chi connectivity index (χ0v) is 10.3. The van der Waals surface area contributed by atoms with Gasteiger partial charge in [0.25, 0.3) is 0 Å². The molecule has 0 aromatic heterocycles. The van der Waals surface area contributed by atoms with Crippen molar-refractivity contribution in [3.05, 3.63) is 35.4 Å². The molecule has 0 spiro atoms. The minimum Gasteiger partial charge on any atom is -0.481 e. The molecule has 1 unspecified atom stereocenters. The second kappa shape index (κ2) is 7.04. The number of methoxy groups -OCH3 is 1. The molecule has 0 heterocycles. The van der Waals surface area contributed by atoms with E-state index >= 15 is 0 Å². The second-order valence-corrected chi connectivity index (χ2v) is 3.97. The first-order chi connectivity index (χ1) is 8.15. The van der Waals surface area contributed by atoms with Crippen LogP contribution >= 0.6 is 0 Å². The summed E-state index contributed by atoms with van der Waals surface area (Å²) in [5.41, 5.74) is 1.97. The number of carboxylic acids is 1. The van der Waals surface area contributed by atoms with Gasteiger partial charge in [-0.3, -0.25) is 4.79 Å². The van der Waals surface area contributed by atoms with Crippen molar-refractivity contribution < 1.29 is 14.6 Å². The van der Waals surface area contributed by atoms with Crippen LogP contribution in [0.2, 0.25) is 0 Å². The Morgan fingerprint density at radius 3 is 2.59 bits per heavy atom. The molecule has 4 nitrogen and oxygen atoms in total. The van der Waals surface area contributed by atoms with Crippen molar-refractivity contribution in [3.8, 4) is 0 Å². The lowest BCUT2D eigenvalue weighted by Gasteiger charge is -2.08. The highest BCUT2D eigenvalue weighted by molar-refractivity contribution is 5.75. The third kappa shape index (κ3) is 4.54. The Hall–Kier alpha value is -1.39. The predicted octanol–water partition coefficient (Wildman–Crippen LogP) is 1.61. The van der Waals surface area contributed by atoms with Crippen LogP contribution in [0.25, 0.3) is 0 Å². The van der Waals surface area contributed by atoms with Crippen LogP contribution in [0.1, 0.15) is 24.0 Å². The van der Waals surface area contributed by atoms with Crippen LogP contribution in [0.5, 0.6) is 0 Å². The molecule has 2 N–H and O–H groups in total. The topological polar surface area (TPSA) is 58.6 Å². The third-order valence-corrected chi connectivity index (χ3v) is 2.66. The van der Waals surface area contributed by atoms with Crippen LogP contribution in [-0.2, 0) is 16.1 Å². The van der Waals surface area contributed by atoms with E-state index in [1.54, 1.807) is 14.0 Å². The van der Waals surface area contributed by atoms with E-state index in [2.05, 4.69) is 5.32 Å². The molecule has 0 amide bonds. The highest BCUT2D eigenvalue weighted by atomic mass is 16.5. The minimum absolute atomic E-state index is 0.453. The third-order valence-electron chi connectivity index (χ3n) is 2.66. The lowest BCUT2D eigenvalue weighted by molar-refractivity contribution is -0.138. The fraction of sp³-hybridized carbons (Fsp3) is 0.462. The highest BCUT2D eigenvalue weighted by Gasteiger charge is 2.12. The molecule has 1 aromatic rings. The van der Waals surface area contributed by atoms with E-state index in [0.717, 1.165) is 24.2 Å². The van der Waals surface area contributed by atoms with E-state index in [1.165, 1.54) is 0 Å². The Morgan fingerprint density at radius 2 is 2.06 bits per heavy atom. The standard InChI is InChI=1S/C13H19NO3/c1-10(13(15)16)12-5-3-11(4-6-12)9-14-7-8-17-2/h3-6,10,14H,7-9H2,1-2H3,(H,15,16). The fourth-order valence-electron chi connectivity index (χ4n) is 1.47. The summed E-state index contributed by atoms with van der Waals surface area (Å²) in [6.07, 6.45) is 0. The van der Waals surface area contributed by atoms with Crippen molar-refractivity contribution in [1.29, 1.82) is 0 Å². The zero-order chi connectivity index (χ0) is 12.7. The van der Waals surface area contributed by atoms with Gasteiger partial charge in [0, 0.05) is 20.2 Å². The van der Waals surface area contributed by atoms with Crippen LogP contribution in [0.3, 0.4) is 0 Å². The van der Waals surface area contributed by atoms with Gasteiger partial charge in [-0.2, -0.15) is 0 Å². The van der Waals surface area contributed by atoms with Crippen molar-refractivity contribution >= 4 is 5.97 Å². The number of hydrogen-bond donors (Lipinski definition) is 2. The highest BCUT2D eigenvalue weighted by Crippen LogP contribution is 2.15. The number of rotatable bonds is 7. The molecule has 0 radical (unpaired) electrons. The lowest BCUT2D eigenvalue weighted by Crippen LogP contribution is -2.18. The Balaban J connectivity index is 2.47. The molecule has 1 rings (SSSR count). The molecule has 0 saturated heterocycles. The summed E-state index contributed by atoms with van der Waals surface area (Å²) < 4.78 is 4.93. The van der Waals surface area contributed by atoms with Gasteiger partial charge in [0.15, 0.2) is 0 Å².